The Morgan fingerprint density at radius 2 is 1.92 bits per heavy atom. The van der Waals surface area contributed by atoms with Crippen molar-refractivity contribution in [3.8, 4) is 0 Å². The van der Waals surface area contributed by atoms with Gasteiger partial charge in [0.05, 0.1) is 6.61 Å². The molecular formula is C20H27NO3. The van der Waals surface area contributed by atoms with Crippen LogP contribution >= 0.6 is 0 Å². The molecule has 1 aromatic rings. The second-order valence-electron chi connectivity index (χ2n) is 7.77. The molecule has 0 saturated carbocycles. The third-order valence-corrected chi connectivity index (χ3v) is 6.39. The van der Waals surface area contributed by atoms with E-state index in [4.69, 9.17) is 4.74 Å². The zero-order chi connectivity index (χ0) is 16.6. The van der Waals surface area contributed by atoms with E-state index in [2.05, 4.69) is 29.2 Å². The standard InChI is InChI=1S/C20H27NO3/c22-14-20(12-15-4-2-1-3-5-15)13-17-6-7-18(20)21(17)19(23)16-8-10-24-11-9-16/h1-5,16-18,22H,6-14H2/t17-,18+,20-/m0/s1. The van der Waals surface area contributed by atoms with Crippen molar-refractivity contribution in [2.24, 2.45) is 11.3 Å². The molecule has 0 aliphatic carbocycles. The molecule has 0 spiro atoms. The van der Waals surface area contributed by atoms with E-state index >= 15 is 0 Å². The Morgan fingerprint density at radius 1 is 1.17 bits per heavy atom. The quantitative estimate of drug-likeness (QED) is 0.923. The largest absolute Gasteiger partial charge is 0.396 e. The first kappa shape index (κ1) is 16.1. The minimum absolute atomic E-state index is 0.119. The van der Waals surface area contributed by atoms with Gasteiger partial charge in [-0.3, -0.25) is 4.79 Å². The van der Waals surface area contributed by atoms with Crippen molar-refractivity contribution in [1.29, 1.82) is 0 Å². The SMILES string of the molecule is O=C(C1CCOCC1)N1[C@H]2CC[C@@H]1[C@@](CO)(Cc1ccccc1)C2. The predicted molar refractivity (Wildman–Crippen MR) is 91.5 cm³/mol. The lowest BCUT2D eigenvalue weighted by Gasteiger charge is -2.37. The fourth-order valence-corrected chi connectivity index (χ4v) is 5.20. The van der Waals surface area contributed by atoms with E-state index in [9.17, 15) is 9.90 Å². The minimum Gasteiger partial charge on any atom is -0.396 e. The van der Waals surface area contributed by atoms with Crippen molar-refractivity contribution < 1.29 is 14.6 Å². The molecule has 3 atom stereocenters. The highest BCUT2D eigenvalue weighted by Crippen LogP contribution is 2.52. The first-order valence-corrected chi connectivity index (χ1v) is 9.28. The molecule has 0 unspecified atom stereocenters. The maximum Gasteiger partial charge on any atom is 0.226 e. The van der Waals surface area contributed by atoms with E-state index in [1.165, 1.54) is 5.56 Å². The van der Waals surface area contributed by atoms with Crippen molar-refractivity contribution in [3.63, 3.8) is 0 Å². The molecule has 4 rings (SSSR count). The maximum atomic E-state index is 13.1. The number of aliphatic hydroxyl groups is 1. The molecule has 2 bridgehead atoms. The minimum atomic E-state index is -0.162. The summed E-state index contributed by atoms with van der Waals surface area (Å²) < 4.78 is 5.41. The van der Waals surface area contributed by atoms with Crippen molar-refractivity contribution in [2.75, 3.05) is 19.8 Å². The molecular weight excluding hydrogens is 302 g/mol. The summed E-state index contributed by atoms with van der Waals surface area (Å²) in [6.07, 6.45) is 5.63. The van der Waals surface area contributed by atoms with Crippen LogP contribution in [0, 0.1) is 11.3 Å². The van der Waals surface area contributed by atoms with E-state index in [0.29, 0.717) is 25.2 Å². The van der Waals surface area contributed by atoms with Crippen molar-refractivity contribution in [2.45, 2.75) is 50.6 Å². The summed E-state index contributed by atoms with van der Waals surface area (Å²) in [5.74, 6) is 0.433. The lowest BCUT2D eigenvalue weighted by molar-refractivity contribution is -0.140. The van der Waals surface area contributed by atoms with E-state index in [-0.39, 0.29) is 24.0 Å². The van der Waals surface area contributed by atoms with Gasteiger partial charge in [0.25, 0.3) is 0 Å². The van der Waals surface area contributed by atoms with Gasteiger partial charge < -0.3 is 14.7 Å². The number of aliphatic hydroxyl groups excluding tert-OH is 1. The Labute approximate surface area is 143 Å². The second-order valence-corrected chi connectivity index (χ2v) is 7.77. The monoisotopic (exact) mass is 329 g/mol. The van der Waals surface area contributed by atoms with Crippen LogP contribution < -0.4 is 0 Å². The third kappa shape index (κ3) is 2.66. The maximum absolute atomic E-state index is 13.1. The lowest BCUT2D eigenvalue weighted by Crippen LogP contribution is -2.46. The van der Waals surface area contributed by atoms with Gasteiger partial charge in [0.2, 0.25) is 5.91 Å². The van der Waals surface area contributed by atoms with Crippen LogP contribution in [0.15, 0.2) is 30.3 Å². The smallest absolute Gasteiger partial charge is 0.226 e. The number of amides is 1. The number of rotatable bonds is 4. The van der Waals surface area contributed by atoms with Crippen LogP contribution in [0.1, 0.15) is 37.7 Å². The van der Waals surface area contributed by atoms with Crippen LogP contribution in [0.25, 0.3) is 0 Å². The molecule has 1 amide bonds. The summed E-state index contributed by atoms with van der Waals surface area (Å²) in [7, 11) is 0. The van der Waals surface area contributed by atoms with Crippen LogP contribution in [-0.2, 0) is 16.0 Å². The average Bonchev–Trinajstić information content (AvgIpc) is 3.19. The number of hydrogen-bond acceptors (Lipinski definition) is 3. The van der Waals surface area contributed by atoms with Crippen molar-refractivity contribution in [3.05, 3.63) is 35.9 Å². The van der Waals surface area contributed by atoms with Gasteiger partial charge in [0, 0.05) is 36.6 Å². The highest BCUT2D eigenvalue weighted by molar-refractivity contribution is 5.80. The molecule has 0 radical (unpaired) electrons. The number of ether oxygens (including phenoxy) is 1. The number of benzene rings is 1. The molecule has 4 nitrogen and oxygen atoms in total. The van der Waals surface area contributed by atoms with Crippen LogP contribution in [-0.4, -0.2) is 47.8 Å². The fourth-order valence-electron chi connectivity index (χ4n) is 5.20. The van der Waals surface area contributed by atoms with Crippen molar-refractivity contribution >= 4 is 5.91 Å². The molecule has 1 aromatic carbocycles. The lowest BCUT2D eigenvalue weighted by atomic mass is 9.70. The normalized spacial score (nSPS) is 33.1. The van der Waals surface area contributed by atoms with Gasteiger partial charge in [-0.15, -0.1) is 0 Å². The molecule has 3 aliphatic heterocycles. The van der Waals surface area contributed by atoms with Gasteiger partial charge in [-0.2, -0.15) is 0 Å². The summed E-state index contributed by atoms with van der Waals surface area (Å²) >= 11 is 0. The van der Waals surface area contributed by atoms with Gasteiger partial charge in [0.1, 0.15) is 0 Å². The molecule has 24 heavy (non-hydrogen) atoms. The molecule has 3 heterocycles. The molecule has 3 saturated heterocycles. The van der Waals surface area contributed by atoms with Gasteiger partial charge >= 0.3 is 0 Å². The first-order chi connectivity index (χ1) is 11.7. The summed E-state index contributed by atoms with van der Waals surface area (Å²) in [5, 5.41) is 10.3. The molecule has 4 heteroatoms. The summed E-state index contributed by atoms with van der Waals surface area (Å²) in [5.41, 5.74) is 1.10. The number of nitrogens with zero attached hydrogens (tertiary/aromatic N) is 1. The van der Waals surface area contributed by atoms with Crippen LogP contribution in [0.4, 0.5) is 0 Å². The molecule has 3 aliphatic rings. The van der Waals surface area contributed by atoms with Crippen molar-refractivity contribution in [1.82, 2.24) is 4.90 Å². The predicted octanol–water partition coefficient (Wildman–Crippen LogP) is 2.40. The van der Waals surface area contributed by atoms with Gasteiger partial charge in [-0.25, -0.2) is 0 Å². The Hall–Kier alpha value is -1.39. The highest BCUT2D eigenvalue weighted by atomic mass is 16.5. The number of fused-ring (bicyclic) bond motifs is 2. The van der Waals surface area contributed by atoms with E-state index in [1.54, 1.807) is 0 Å². The third-order valence-electron chi connectivity index (χ3n) is 6.39. The van der Waals surface area contributed by atoms with E-state index in [1.807, 2.05) is 6.07 Å². The first-order valence-electron chi connectivity index (χ1n) is 9.28. The topological polar surface area (TPSA) is 49.8 Å². The van der Waals surface area contributed by atoms with E-state index in [0.717, 1.165) is 38.5 Å². The van der Waals surface area contributed by atoms with Gasteiger partial charge in [-0.1, -0.05) is 30.3 Å². The van der Waals surface area contributed by atoms with Crippen LogP contribution in [0.3, 0.4) is 0 Å². The Bertz CT molecular complexity index is 584. The fraction of sp³-hybridized carbons (Fsp3) is 0.650. The number of carbonyl (C=O) groups excluding carboxylic acids is 1. The molecule has 130 valence electrons. The molecule has 1 N–H and O–H groups in total. The number of carbonyl (C=O) groups is 1. The zero-order valence-corrected chi connectivity index (χ0v) is 14.2. The van der Waals surface area contributed by atoms with Gasteiger partial charge in [-0.05, 0) is 44.1 Å². The Morgan fingerprint density at radius 3 is 2.62 bits per heavy atom. The van der Waals surface area contributed by atoms with E-state index < -0.39 is 0 Å². The Kier molecular flexibility index (Phi) is 4.35. The summed E-state index contributed by atoms with van der Waals surface area (Å²) in [6.45, 7) is 1.57. The summed E-state index contributed by atoms with van der Waals surface area (Å²) in [6, 6.07) is 10.9. The highest BCUT2D eigenvalue weighted by Gasteiger charge is 2.57. The Balaban J connectivity index is 1.55. The zero-order valence-electron chi connectivity index (χ0n) is 14.2. The molecule has 0 aromatic heterocycles. The number of hydrogen-bond donors (Lipinski definition) is 1. The van der Waals surface area contributed by atoms with Crippen LogP contribution in [0.2, 0.25) is 0 Å². The second kappa shape index (κ2) is 6.49. The van der Waals surface area contributed by atoms with Crippen LogP contribution in [0.5, 0.6) is 0 Å². The summed E-state index contributed by atoms with van der Waals surface area (Å²) in [4.78, 5) is 15.3. The average molecular weight is 329 g/mol. The molecule has 3 fully saturated rings. The van der Waals surface area contributed by atoms with Gasteiger partial charge in [0.15, 0.2) is 0 Å².